The Bertz CT molecular complexity index is 189. The summed E-state index contributed by atoms with van der Waals surface area (Å²) in [6, 6.07) is 0. The van der Waals surface area contributed by atoms with Crippen molar-refractivity contribution in [2.75, 3.05) is 0 Å². The Morgan fingerprint density at radius 3 is 1.08 bits per heavy atom. The summed E-state index contributed by atoms with van der Waals surface area (Å²) in [7, 11) is 0. The van der Waals surface area contributed by atoms with E-state index in [2.05, 4.69) is 0 Å². The molecule has 12 heavy (non-hydrogen) atoms. The summed E-state index contributed by atoms with van der Waals surface area (Å²) in [5, 5.41) is 29.6. The second kappa shape index (κ2) is 4.20. The van der Waals surface area contributed by atoms with Crippen molar-refractivity contribution in [1.82, 2.24) is 0 Å². The van der Waals surface area contributed by atoms with E-state index in [9.17, 15) is 30.3 Å². The zero-order valence-electron chi connectivity index (χ0n) is 5.50. The summed E-state index contributed by atoms with van der Waals surface area (Å²) in [6.45, 7) is 0. The Kier molecular flexibility index (Phi) is 4.79. The first-order valence-corrected chi connectivity index (χ1v) is 4.87. The van der Waals surface area contributed by atoms with Crippen LogP contribution in [0.25, 0.3) is 0 Å². The minimum absolute atomic E-state index is 0. The van der Waals surface area contributed by atoms with Gasteiger partial charge in [-0.25, -0.2) is 0 Å². The van der Waals surface area contributed by atoms with Gasteiger partial charge in [0.1, 0.15) is 0 Å². The molecular weight excluding hydrogens is 367 g/mol. The average Bonchev–Trinajstić information content (AvgIpc) is 1.84. The predicted octanol–water partition coefficient (Wildman–Crippen LogP) is -1.85. The molecular formula is CH2HgN3O7. The molecule has 0 bridgehead atoms. The molecule has 0 heterocycles. The van der Waals surface area contributed by atoms with Crippen LogP contribution in [0.3, 0.4) is 0 Å². The molecule has 65 valence electrons. The summed E-state index contributed by atoms with van der Waals surface area (Å²) >= 11 is -1.21. The monoisotopic (exact) mass is 370 g/mol. The first kappa shape index (κ1) is 13.7. The van der Waals surface area contributed by atoms with Crippen LogP contribution in [0, 0.1) is 30.3 Å². The van der Waals surface area contributed by atoms with Crippen LogP contribution in [-0.2, 0) is 26.1 Å². The van der Waals surface area contributed by atoms with Gasteiger partial charge in [0.05, 0.1) is 0 Å². The zero-order valence-corrected chi connectivity index (χ0v) is 11.0. The summed E-state index contributed by atoms with van der Waals surface area (Å²) in [4.78, 5) is 25.2. The van der Waals surface area contributed by atoms with Gasteiger partial charge in [-0.2, -0.15) is 0 Å². The Morgan fingerprint density at radius 1 is 0.917 bits per heavy atom. The Labute approximate surface area is 80.3 Å². The van der Waals surface area contributed by atoms with Crippen LogP contribution in [0.15, 0.2) is 0 Å². The third kappa shape index (κ3) is 2.04. The minimum atomic E-state index is -3.14. The molecule has 0 saturated carbocycles. The van der Waals surface area contributed by atoms with Gasteiger partial charge in [0.25, 0.3) is 0 Å². The van der Waals surface area contributed by atoms with E-state index < -0.39 is 44.2 Å². The molecule has 0 aliphatic carbocycles. The molecule has 0 saturated heterocycles. The molecule has 11 heteroatoms. The average molecular weight is 369 g/mol. The van der Waals surface area contributed by atoms with Crippen LogP contribution in [0.1, 0.15) is 0 Å². The van der Waals surface area contributed by atoms with Gasteiger partial charge in [-0.15, -0.1) is 0 Å². The van der Waals surface area contributed by atoms with E-state index in [0.717, 1.165) is 0 Å². The maximum atomic E-state index is 9.88. The SMILES string of the molecule is O.O=[N+]([O-])[C]([Hg])([N+](=O)[O-])[N+](=O)[O-]. The molecule has 0 spiro atoms. The van der Waals surface area contributed by atoms with Crippen molar-refractivity contribution in [1.29, 1.82) is 0 Å². The zero-order chi connectivity index (χ0) is 9.23. The predicted molar refractivity (Wildman–Crippen MR) is 27.3 cm³/mol. The van der Waals surface area contributed by atoms with E-state index in [4.69, 9.17) is 0 Å². The number of hydrogen-bond acceptors (Lipinski definition) is 6. The number of rotatable bonds is 3. The molecule has 0 rings (SSSR count). The van der Waals surface area contributed by atoms with Crippen LogP contribution in [-0.4, -0.2) is 23.5 Å². The standard InChI is InChI=1S/CN3O6.Hg.H2O/c5-2(6)1(3(7)8)4(9)10;;/h;;1H2. The second-order valence-electron chi connectivity index (χ2n) is 1.55. The van der Waals surface area contributed by atoms with E-state index in [1.807, 2.05) is 0 Å². The summed E-state index contributed by atoms with van der Waals surface area (Å²) in [5.41, 5.74) is 0. The fourth-order valence-corrected chi connectivity index (χ4v) is 0.200. The molecule has 10 nitrogen and oxygen atoms in total. The number of nitro groups is 3. The molecule has 0 aromatic rings. The molecule has 0 radical (unpaired) electrons. The first-order valence-electron chi connectivity index (χ1n) is 2.12. The Balaban J connectivity index is 0. The van der Waals surface area contributed by atoms with Crippen LogP contribution in [0.4, 0.5) is 0 Å². The molecule has 0 unspecified atom stereocenters. The van der Waals surface area contributed by atoms with Crippen LogP contribution in [0.2, 0.25) is 0 Å². The number of nitrogens with zero attached hydrogens (tertiary/aromatic N) is 3. The Morgan fingerprint density at radius 2 is 1.08 bits per heavy atom. The summed E-state index contributed by atoms with van der Waals surface area (Å²) < 4.78 is -3.14. The van der Waals surface area contributed by atoms with Gasteiger partial charge in [0, 0.05) is 0 Å². The van der Waals surface area contributed by atoms with Gasteiger partial charge in [0.2, 0.25) is 0 Å². The molecule has 0 aromatic carbocycles. The van der Waals surface area contributed by atoms with Crippen molar-refractivity contribution in [2.24, 2.45) is 0 Å². The molecule has 0 aromatic heterocycles. The van der Waals surface area contributed by atoms with Gasteiger partial charge >= 0.3 is 74.5 Å². The summed E-state index contributed by atoms with van der Waals surface area (Å²) in [6.07, 6.45) is 0. The van der Waals surface area contributed by atoms with Crippen LogP contribution >= 0.6 is 0 Å². The second-order valence-corrected chi connectivity index (χ2v) is 5.23. The van der Waals surface area contributed by atoms with Crippen molar-refractivity contribution in [3.05, 3.63) is 30.3 Å². The molecule has 0 aliphatic heterocycles. The van der Waals surface area contributed by atoms with Crippen molar-refractivity contribution < 1.29 is 46.4 Å². The normalized spacial score (nSPS) is 9.83. The molecule has 0 atom stereocenters. The molecule has 0 amide bonds. The van der Waals surface area contributed by atoms with Crippen molar-refractivity contribution in [3.8, 4) is 0 Å². The number of hydrogen-bond donors (Lipinski definition) is 0. The maximum absolute atomic E-state index is 9.88. The third-order valence-electron chi connectivity index (χ3n) is 0.877. The third-order valence-corrected chi connectivity index (χ3v) is 3.89. The van der Waals surface area contributed by atoms with Crippen molar-refractivity contribution >= 4 is 0 Å². The van der Waals surface area contributed by atoms with Gasteiger partial charge in [-0.1, -0.05) is 0 Å². The van der Waals surface area contributed by atoms with E-state index >= 15 is 0 Å². The van der Waals surface area contributed by atoms with Crippen molar-refractivity contribution in [3.63, 3.8) is 0 Å². The van der Waals surface area contributed by atoms with Gasteiger partial charge < -0.3 is 5.48 Å². The van der Waals surface area contributed by atoms with Gasteiger partial charge in [-0.05, 0) is 0 Å². The fourth-order valence-electron chi connectivity index (χ4n) is 0.200. The molecule has 0 aliphatic rings. The quantitative estimate of drug-likeness (QED) is 0.246. The Hall–Kier alpha value is -0.905. The topological polar surface area (TPSA) is 161 Å². The first-order chi connectivity index (χ1) is 4.83. The van der Waals surface area contributed by atoms with E-state index in [1.54, 1.807) is 0 Å². The van der Waals surface area contributed by atoms with Crippen LogP contribution in [0.5, 0.6) is 0 Å². The van der Waals surface area contributed by atoms with Crippen LogP contribution < -0.4 is 0 Å². The van der Waals surface area contributed by atoms with E-state index in [0.29, 0.717) is 0 Å². The van der Waals surface area contributed by atoms with E-state index in [-0.39, 0.29) is 5.48 Å². The van der Waals surface area contributed by atoms with E-state index in [1.165, 1.54) is 0 Å². The van der Waals surface area contributed by atoms with Gasteiger partial charge in [-0.3, -0.25) is 0 Å². The van der Waals surface area contributed by atoms with Gasteiger partial charge in [0.15, 0.2) is 0 Å². The molecule has 2 N–H and O–H groups in total. The summed E-state index contributed by atoms with van der Waals surface area (Å²) in [5.74, 6) is 0. The van der Waals surface area contributed by atoms with Crippen molar-refractivity contribution in [2.45, 2.75) is 3.30 Å². The molecule has 0 fully saturated rings. The fraction of sp³-hybridized carbons (Fsp3) is 1.00.